The fourth-order valence-corrected chi connectivity index (χ4v) is 2.15. The highest BCUT2D eigenvalue weighted by molar-refractivity contribution is 4.75. The molecule has 2 aliphatic heterocycles. The molecule has 1 N–H and O–H groups in total. The van der Waals surface area contributed by atoms with Crippen LogP contribution in [-0.2, 0) is 9.47 Å². The summed E-state index contributed by atoms with van der Waals surface area (Å²) in [6.45, 7) is 5.66. The van der Waals surface area contributed by atoms with Gasteiger partial charge in [0.05, 0.1) is 25.9 Å². The predicted molar refractivity (Wildman–Crippen MR) is 52.2 cm³/mol. The number of morpholine rings is 1. The van der Waals surface area contributed by atoms with Gasteiger partial charge in [-0.1, -0.05) is 0 Å². The zero-order chi connectivity index (χ0) is 9.80. The Kier molecular flexibility index (Phi) is 3.75. The zero-order valence-corrected chi connectivity index (χ0v) is 8.52. The van der Waals surface area contributed by atoms with E-state index >= 15 is 0 Å². The molecule has 2 unspecified atom stereocenters. The molecule has 2 heterocycles. The molecule has 0 bridgehead atoms. The fraction of sp³-hybridized carbons (Fsp3) is 1.00. The maximum atomic E-state index is 8.99. The molecule has 2 aliphatic rings. The second-order valence-corrected chi connectivity index (χ2v) is 4.16. The predicted octanol–water partition coefficient (Wildman–Crippen LogP) is -0.284. The third-order valence-corrected chi connectivity index (χ3v) is 2.97. The van der Waals surface area contributed by atoms with Crippen LogP contribution in [0, 0.1) is 5.92 Å². The van der Waals surface area contributed by atoms with Gasteiger partial charge in [0, 0.05) is 26.2 Å². The van der Waals surface area contributed by atoms with Gasteiger partial charge in [0.15, 0.2) is 0 Å². The van der Waals surface area contributed by atoms with Gasteiger partial charge in [0.2, 0.25) is 0 Å². The van der Waals surface area contributed by atoms with Crippen molar-refractivity contribution in [3.63, 3.8) is 0 Å². The average molecular weight is 201 g/mol. The monoisotopic (exact) mass is 201 g/mol. The van der Waals surface area contributed by atoms with Crippen molar-refractivity contribution in [2.75, 3.05) is 46.1 Å². The molecule has 0 spiro atoms. The number of hydrogen-bond donors (Lipinski definition) is 1. The summed E-state index contributed by atoms with van der Waals surface area (Å²) >= 11 is 0. The molecule has 4 heteroatoms. The first kappa shape index (κ1) is 10.4. The molecule has 14 heavy (non-hydrogen) atoms. The minimum atomic E-state index is 0.0195. The molecule has 0 aromatic carbocycles. The topological polar surface area (TPSA) is 41.9 Å². The van der Waals surface area contributed by atoms with Crippen LogP contribution >= 0.6 is 0 Å². The highest BCUT2D eigenvalue weighted by Crippen LogP contribution is 2.15. The van der Waals surface area contributed by atoms with E-state index in [0.29, 0.717) is 5.92 Å². The van der Waals surface area contributed by atoms with Crippen molar-refractivity contribution in [1.82, 2.24) is 4.90 Å². The Morgan fingerprint density at radius 1 is 1.36 bits per heavy atom. The minimum Gasteiger partial charge on any atom is -0.394 e. The number of rotatable bonds is 3. The van der Waals surface area contributed by atoms with Gasteiger partial charge in [-0.25, -0.2) is 0 Å². The average Bonchev–Trinajstić information content (AvgIpc) is 2.71. The maximum absolute atomic E-state index is 8.99. The lowest BCUT2D eigenvalue weighted by Crippen LogP contribution is -2.45. The van der Waals surface area contributed by atoms with Crippen LogP contribution in [0.4, 0.5) is 0 Å². The van der Waals surface area contributed by atoms with Gasteiger partial charge < -0.3 is 14.6 Å². The van der Waals surface area contributed by atoms with E-state index in [1.165, 1.54) is 6.42 Å². The van der Waals surface area contributed by atoms with E-state index in [1.54, 1.807) is 0 Å². The van der Waals surface area contributed by atoms with Crippen molar-refractivity contribution >= 4 is 0 Å². The van der Waals surface area contributed by atoms with E-state index in [-0.39, 0.29) is 12.7 Å². The van der Waals surface area contributed by atoms with Gasteiger partial charge in [-0.05, 0) is 12.3 Å². The standard InChI is InChI=1S/C10H19NO3/c12-7-10-6-11(2-4-14-10)5-9-1-3-13-8-9/h9-10,12H,1-8H2. The second kappa shape index (κ2) is 5.07. The Morgan fingerprint density at radius 2 is 2.29 bits per heavy atom. The van der Waals surface area contributed by atoms with Crippen LogP contribution in [0.15, 0.2) is 0 Å². The van der Waals surface area contributed by atoms with E-state index < -0.39 is 0 Å². The first-order valence-electron chi connectivity index (χ1n) is 5.41. The van der Waals surface area contributed by atoms with Gasteiger partial charge >= 0.3 is 0 Å². The molecule has 0 aromatic heterocycles. The Bertz CT molecular complexity index is 171. The normalized spacial score (nSPS) is 34.9. The minimum absolute atomic E-state index is 0.0195. The number of hydrogen-bond acceptors (Lipinski definition) is 4. The number of nitrogens with zero attached hydrogens (tertiary/aromatic N) is 1. The van der Waals surface area contributed by atoms with Crippen LogP contribution in [0.2, 0.25) is 0 Å². The number of aliphatic hydroxyl groups excluding tert-OH is 1. The summed E-state index contributed by atoms with van der Waals surface area (Å²) in [5.41, 5.74) is 0. The van der Waals surface area contributed by atoms with E-state index in [9.17, 15) is 0 Å². The van der Waals surface area contributed by atoms with Crippen LogP contribution in [0.25, 0.3) is 0 Å². The molecule has 4 nitrogen and oxygen atoms in total. The first-order valence-corrected chi connectivity index (χ1v) is 5.41. The van der Waals surface area contributed by atoms with Gasteiger partial charge in [0.25, 0.3) is 0 Å². The first-order chi connectivity index (χ1) is 6.88. The Morgan fingerprint density at radius 3 is 3.00 bits per heavy atom. The van der Waals surface area contributed by atoms with E-state index in [4.69, 9.17) is 14.6 Å². The smallest absolute Gasteiger partial charge is 0.0932 e. The van der Waals surface area contributed by atoms with Crippen LogP contribution in [0.3, 0.4) is 0 Å². The molecule has 0 aromatic rings. The molecule has 2 saturated heterocycles. The van der Waals surface area contributed by atoms with E-state index in [2.05, 4.69) is 4.90 Å². The van der Waals surface area contributed by atoms with E-state index in [1.807, 2.05) is 0 Å². The van der Waals surface area contributed by atoms with Crippen molar-refractivity contribution in [3.8, 4) is 0 Å². The third kappa shape index (κ3) is 2.67. The molecule has 2 fully saturated rings. The van der Waals surface area contributed by atoms with Gasteiger partial charge in [-0.3, -0.25) is 4.90 Å². The molecular formula is C10H19NO3. The van der Waals surface area contributed by atoms with Crippen LogP contribution < -0.4 is 0 Å². The summed E-state index contributed by atoms with van der Waals surface area (Å²) in [6.07, 6.45) is 1.20. The van der Waals surface area contributed by atoms with Gasteiger partial charge in [-0.15, -0.1) is 0 Å². The lowest BCUT2D eigenvalue weighted by molar-refractivity contribution is -0.0562. The lowest BCUT2D eigenvalue weighted by atomic mass is 10.1. The fourth-order valence-electron chi connectivity index (χ4n) is 2.15. The van der Waals surface area contributed by atoms with Crippen molar-refractivity contribution in [3.05, 3.63) is 0 Å². The van der Waals surface area contributed by atoms with Gasteiger partial charge in [0.1, 0.15) is 0 Å². The highest BCUT2D eigenvalue weighted by Gasteiger charge is 2.24. The van der Waals surface area contributed by atoms with Crippen LogP contribution in [0.1, 0.15) is 6.42 Å². The quantitative estimate of drug-likeness (QED) is 0.681. The summed E-state index contributed by atoms with van der Waals surface area (Å²) in [6, 6.07) is 0. The molecule has 0 aliphatic carbocycles. The Balaban J connectivity index is 1.73. The van der Waals surface area contributed by atoms with Crippen molar-refractivity contribution < 1.29 is 14.6 Å². The molecule has 2 atom stereocenters. The summed E-state index contributed by atoms with van der Waals surface area (Å²) in [7, 11) is 0. The Hall–Kier alpha value is -0.160. The second-order valence-electron chi connectivity index (χ2n) is 4.16. The maximum Gasteiger partial charge on any atom is 0.0932 e. The summed E-state index contributed by atoms with van der Waals surface area (Å²) in [4.78, 5) is 2.38. The van der Waals surface area contributed by atoms with Crippen LogP contribution in [-0.4, -0.2) is 62.2 Å². The van der Waals surface area contributed by atoms with Crippen molar-refractivity contribution in [2.45, 2.75) is 12.5 Å². The summed E-state index contributed by atoms with van der Waals surface area (Å²) < 4.78 is 10.7. The van der Waals surface area contributed by atoms with Crippen molar-refractivity contribution in [2.24, 2.45) is 5.92 Å². The third-order valence-electron chi connectivity index (χ3n) is 2.97. The highest BCUT2D eigenvalue weighted by atomic mass is 16.5. The lowest BCUT2D eigenvalue weighted by Gasteiger charge is -2.33. The molecule has 2 rings (SSSR count). The Labute approximate surface area is 84.8 Å². The zero-order valence-electron chi connectivity index (χ0n) is 8.52. The molecule has 0 radical (unpaired) electrons. The number of ether oxygens (including phenoxy) is 2. The molecule has 0 amide bonds. The van der Waals surface area contributed by atoms with Crippen molar-refractivity contribution in [1.29, 1.82) is 0 Å². The molecular weight excluding hydrogens is 182 g/mol. The molecule has 82 valence electrons. The molecule has 0 saturated carbocycles. The summed E-state index contributed by atoms with van der Waals surface area (Å²) in [5, 5.41) is 8.99. The summed E-state index contributed by atoms with van der Waals surface area (Å²) in [5.74, 6) is 0.687. The van der Waals surface area contributed by atoms with Gasteiger partial charge in [-0.2, -0.15) is 0 Å². The SMILES string of the molecule is OCC1CN(CC2CCOC2)CCO1. The van der Waals surface area contributed by atoms with Crippen LogP contribution in [0.5, 0.6) is 0 Å². The van der Waals surface area contributed by atoms with E-state index in [0.717, 1.165) is 39.5 Å². The number of aliphatic hydroxyl groups is 1. The largest absolute Gasteiger partial charge is 0.394 e.